The second kappa shape index (κ2) is 40.1. The summed E-state index contributed by atoms with van der Waals surface area (Å²) in [7, 11) is 0. The number of nitrogens with zero attached hydrogens (tertiary/aromatic N) is 2. The van der Waals surface area contributed by atoms with Gasteiger partial charge in [-0.25, -0.2) is 9.97 Å². The van der Waals surface area contributed by atoms with E-state index in [4.69, 9.17) is 19.4 Å². The molecule has 0 aliphatic heterocycles. The second-order valence-electron chi connectivity index (χ2n) is 34.3. The maximum Gasteiger partial charge on any atom is 0.119 e. The summed E-state index contributed by atoms with van der Waals surface area (Å²) in [5.41, 5.74) is 35.6. The lowest BCUT2D eigenvalue weighted by Gasteiger charge is -2.37. The molecule has 0 aliphatic carbocycles. The minimum absolute atomic E-state index is 0.409. The van der Waals surface area contributed by atoms with Crippen LogP contribution < -0.4 is 9.47 Å². The maximum atomic E-state index is 6.51. The van der Waals surface area contributed by atoms with Crippen molar-refractivity contribution >= 4 is 21.8 Å². The van der Waals surface area contributed by atoms with Gasteiger partial charge in [0.1, 0.15) is 11.5 Å². The van der Waals surface area contributed by atoms with Gasteiger partial charge in [0.2, 0.25) is 0 Å². The molecule has 0 spiro atoms. The first kappa shape index (κ1) is 84.9. The summed E-state index contributed by atoms with van der Waals surface area (Å²) in [6.45, 7) is 14.6. The number of hydrogen-bond donors (Lipinski definition) is 0. The van der Waals surface area contributed by atoms with Gasteiger partial charge in [-0.05, 0) is 258 Å². The van der Waals surface area contributed by atoms with Crippen LogP contribution in [0.1, 0.15) is 173 Å². The number of ether oxygens (including phenoxy) is 2. The van der Waals surface area contributed by atoms with Gasteiger partial charge in [-0.15, -0.1) is 0 Å². The van der Waals surface area contributed by atoms with Crippen LogP contribution in [-0.4, -0.2) is 23.2 Å². The molecule has 0 atom stereocenters. The molecule has 626 valence electrons. The van der Waals surface area contributed by atoms with Gasteiger partial charge in [0.05, 0.1) is 35.6 Å². The van der Waals surface area contributed by atoms with E-state index in [2.05, 4.69) is 418 Å². The molecule has 4 nitrogen and oxygen atoms in total. The number of aromatic nitrogens is 2. The van der Waals surface area contributed by atoms with Crippen molar-refractivity contribution in [2.75, 3.05) is 13.2 Å². The number of pyridine rings is 2. The summed E-state index contributed by atoms with van der Waals surface area (Å²) in [5, 5.41) is 2.10. The van der Waals surface area contributed by atoms with Crippen LogP contribution in [0.4, 0.5) is 0 Å². The summed E-state index contributed by atoms with van der Waals surface area (Å²) in [6.07, 6.45) is 16.3. The van der Waals surface area contributed by atoms with Crippen molar-refractivity contribution in [2.24, 2.45) is 0 Å². The molecule has 0 bridgehead atoms. The van der Waals surface area contributed by atoms with E-state index in [9.17, 15) is 0 Å². The number of hydrogen-bond acceptors (Lipinski definition) is 4. The zero-order valence-electron chi connectivity index (χ0n) is 74.2. The first-order valence-electron chi connectivity index (χ1n) is 46.4. The highest BCUT2D eigenvalue weighted by Gasteiger charge is 2.38. The predicted molar refractivity (Wildman–Crippen MR) is 532 cm³/mol. The SMILES string of the molecule is CCc1ccc(-c2ccc(C(CCCCCCOc3ccc(-c4ccc5ccc6ccc(-c7ccc(OCCCCCCC(c8ccc(-c9ccc(CC)cc9)cc8)(c8ccc(-c9ccc(CC)cc9)cc8)c8ccc(-c9ccc(CC)cc9)cc8)cc7)nc6c5n4)cc3)(c3ccc(-c4ccc(CC)cc4)cc3)c3ccc(-c4ccc(CC)cc4)cc3)cc2)cc1. The third-order valence-electron chi connectivity index (χ3n) is 26.7. The first-order valence-corrected chi connectivity index (χ1v) is 46.4. The topological polar surface area (TPSA) is 44.2 Å². The maximum absolute atomic E-state index is 6.51. The lowest BCUT2D eigenvalue weighted by molar-refractivity contribution is 0.303. The van der Waals surface area contributed by atoms with E-state index in [0.29, 0.717) is 13.2 Å². The van der Waals surface area contributed by atoms with Crippen molar-refractivity contribution in [2.45, 2.75) is 155 Å². The molecule has 0 unspecified atom stereocenters. The van der Waals surface area contributed by atoms with Crippen molar-refractivity contribution in [1.82, 2.24) is 9.97 Å². The minimum Gasteiger partial charge on any atom is -0.494 e. The zero-order valence-corrected chi connectivity index (χ0v) is 74.2. The van der Waals surface area contributed by atoms with Crippen LogP contribution in [0.5, 0.6) is 11.5 Å². The van der Waals surface area contributed by atoms with Crippen molar-refractivity contribution in [3.8, 4) is 101 Å². The largest absolute Gasteiger partial charge is 0.494 e. The van der Waals surface area contributed by atoms with E-state index in [1.165, 1.54) is 134 Å². The van der Waals surface area contributed by atoms with Crippen molar-refractivity contribution < 1.29 is 9.47 Å². The van der Waals surface area contributed by atoms with E-state index in [0.717, 1.165) is 159 Å². The Balaban J connectivity index is 0.539. The molecule has 0 fully saturated rings. The molecule has 0 amide bonds. The Morgan fingerprint density at radius 2 is 0.365 bits per heavy atom. The predicted octanol–water partition coefficient (Wildman–Crippen LogP) is 32.2. The number of rotatable bonds is 36. The molecule has 15 aromatic carbocycles. The fourth-order valence-corrected chi connectivity index (χ4v) is 18.8. The Labute approximate surface area is 748 Å². The van der Waals surface area contributed by atoms with Crippen LogP contribution in [0.15, 0.2) is 376 Å². The van der Waals surface area contributed by atoms with Gasteiger partial charge in [-0.1, -0.05) is 396 Å². The van der Waals surface area contributed by atoms with Gasteiger partial charge in [-0.2, -0.15) is 0 Å². The normalized spacial score (nSPS) is 11.7. The monoisotopic (exact) mass is 1640 g/mol. The van der Waals surface area contributed by atoms with Gasteiger partial charge < -0.3 is 9.47 Å². The molecule has 4 heteroatoms. The lowest BCUT2D eigenvalue weighted by atomic mass is 9.66. The lowest BCUT2D eigenvalue weighted by Crippen LogP contribution is -2.29. The standard InChI is InChI=1S/C122H116N2O2/c1-7-87-21-33-93(34-22-87)99-47-65-109(66-48-99)121(110-67-49-100(50-68-110)94-35-23-88(8-2)24-36-94,111-69-51-101(52-70-111)95-37-25-89(9-3)26-38-95)83-17-13-15-19-85-125-115-77-59-105(60-78-115)117-81-63-107-45-46-108-64-82-118(124-120(108)119(107)123-117)106-61-79-116(80-62-106)126-86-20-16-14-18-84-122(112-71-53-102(54-72-112)96-39-27-90(10-4)28-40-96,113-73-55-103(56-74-113)97-41-29-91(11-5)30-42-97)114-75-57-104(58-76-114)98-43-31-92(12-6)32-44-98/h21-82H,7-20,83-86H2,1-6H3. The fraction of sp³-hybridized carbons (Fsp3) is 0.213. The second-order valence-corrected chi connectivity index (χ2v) is 34.3. The molecule has 17 rings (SSSR count). The van der Waals surface area contributed by atoms with Gasteiger partial charge in [0.25, 0.3) is 0 Å². The highest BCUT2D eigenvalue weighted by Crippen LogP contribution is 2.48. The number of unbranched alkanes of at least 4 members (excludes halogenated alkanes) is 6. The molecule has 0 aliphatic rings. The van der Waals surface area contributed by atoms with Crippen molar-refractivity contribution in [3.05, 3.63) is 443 Å². The molecule has 0 saturated heterocycles. The molecular weight excluding hydrogens is 1530 g/mol. The molecule has 2 heterocycles. The van der Waals surface area contributed by atoms with Gasteiger partial charge in [0, 0.05) is 32.7 Å². The minimum atomic E-state index is -0.409. The molecule has 126 heavy (non-hydrogen) atoms. The summed E-state index contributed by atoms with van der Waals surface area (Å²) in [6, 6.07) is 141. The average Bonchev–Trinajstić information content (AvgIpc) is 0.745. The third kappa shape index (κ3) is 19.2. The fourth-order valence-electron chi connectivity index (χ4n) is 18.8. The Hall–Kier alpha value is -13.3. The molecule has 0 saturated carbocycles. The van der Waals surface area contributed by atoms with Crippen molar-refractivity contribution in [1.29, 1.82) is 0 Å². The van der Waals surface area contributed by atoms with E-state index in [1.54, 1.807) is 0 Å². The molecular formula is C122H116N2O2. The molecule has 0 radical (unpaired) electrons. The third-order valence-corrected chi connectivity index (χ3v) is 26.7. The highest BCUT2D eigenvalue weighted by atomic mass is 16.5. The number of fused-ring (bicyclic) bond motifs is 3. The summed E-state index contributed by atoms with van der Waals surface area (Å²) >= 11 is 0. The smallest absolute Gasteiger partial charge is 0.119 e. The summed E-state index contributed by atoms with van der Waals surface area (Å²) in [5.74, 6) is 1.73. The average molecular weight is 1640 g/mol. The number of benzene rings is 15. The van der Waals surface area contributed by atoms with Crippen LogP contribution >= 0.6 is 0 Å². The first-order chi connectivity index (χ1) is 62.1. The summed E-state index contributed by atoms with van der Waals surface area (Å²) in [4.78, 5) is 10.7. The van der Waals surface area contributed by atoms with Crippen LogP contribution in [-0.2, 0) is 49.4 Å². The van der Waals surface area contributed by atoms with E-state index in [1.807, 2.05) is 0 Å². The Morgan fingerprint density at radius 1 is 0.183 bits per heavy atom. The summed E-state index contributed by atoms with van der Waals surface area (Å²) < 4.78 is 13.0. The van der Waals surface area contributed by atoms with E-state index >= 15 is 0 Å². The molecule has 2 aromatic heterocycles. The quantitative estimate of drug-likeness (QED) is 0.0223. The van der Waals surface area contributed by atoms with Crippen LogP contribution in [0.2, 0.25) is 0 Å². The van der Waals surface area contributed by atoms with Gasteiger partial charge >= 0.3 is 0 Å². The highest BCUT2D eigenvalue weighted by molar-refractivity contribution is 6.04. The van der Waals surface area contributed by atoms with Crippen molar-refractivity contribution in [3.63, 3.8) is 0 Å². The zero-order chi connectivity index (χ0) is 86.0. The van der Waals surface area contributed by atoms with Crippen LogP contribution in [0, 0.1) is 0 Å². The van der Waals surface area contributed by atoms with Crippen LogP contribution in [0.25, 0.3) is 111 Å². The van der Waals surface area contributed by atoms with E-state index in [-0.39, 0.29) is 0 Å². The van der Waals surface area contributed by atoms with Gasteiger partial charge in [0.15, 0.2) is 0 Å². The van der Waals surface area contributed by atoms with Crippen LogP contribution in [0.3, 0.4) is 0 Å². The molecule has 0 N–H and O–H groups in total. The van der Waals surface area contributed by atoms with E-state index < -0.39 is 10.8 Å². The number of aryl methyl sites for hydroxylation is 6. The Bertz CT molecular complexity index is 5540. The molecule has 17 aromatic rings. The Morgan fingerprint density at radius 3 is 0.571 bits per heavy atom. The van der Waals surface area contributed by atoms with Gasteiger partial charge in [-0.3, -0.25) is 0 Å². The Kier molecular flexibility index (Phi) is 27.0.